The zero-order chi connectivity index (χ0) is 12.4. The standard InChI is InChI=1S/C11H16ClN.CH2O2/c1-9(7-8-13-2)10-5-3-4-6-11(10)12;2-1-3/h3-6,9,13H,7-8H2,1-2H3;1H,(H,2,3)/t9-;/m0./s1. The van der Waals surface area contributed by atoms with Gasteiger partial charge in [-0.15, -0.1) is 0 Å². The van der Waals surface area contributed by atoms with Gasteiger partial charge < -0.3 is 10.4 Å². The zero-order valence-corrected chi connectivity index (χ0v) is 10.4. The molecule has 0 aliphatic rings. The molecule has 0 radical (unpaired) electrons. The van der Waals surface area contributed by atoms with Crippen LogP contribution < -0.4 is 5.32 Å². The molecule has 90 valence electrons. The van der Waals surface area contributed by atoms with Crippen molar-refractivity contribution in [3.63, 3.8) is 0 Å². The molecule has 0 bridgehead atoms. The van der Waals surface area contributed by atoms with E-state index in [2.05, 4.69) is 18.3 Å². The van der Waals surface area contributed by atoms with Crippen molar-refractivity contribution in [3.8, 4) is 0 Å². The van der Waals surface area contributed by atoms with Crippen LogP contribution in [0.3, 0.4) is 0 Å². The van der Waals surface area contributed by atoms with E-state index in [1.54, 1.807) is 0 Å². The highest BCUT2D eigenvalue weighted by molar-refractivity contribution is 6.31. The van der Waals surface area contributed by atoms with Crippen LogP contribution in [-0.2, 0) is 4.79 Å². The molecule has 0 spiro atoms. The first kappa shape index (κ1) is 14.9. The molecule has 3 nitrogen and oxygen atoms in total. The molecule has 4 heteroatoms. The zero-order valence-electron chi connectivity index (χ0n) is 9.61. The molecule has 0 aliphatic carbocycles. The van der Waals surface area contributed by atoms with Gasteiger partial charge in [-0.1, -0.05) is 36.7 Å². The van der Waals surface area contributed by atoms with Crippen molar-refractivity contribution in [1.82, 2.24) is 5.32 Å². The molecule has 0 heterocycles. The molecule has 1 atom stereocenters. The molecule has 0 fully saturated rings. The Bertz CT molecular complexity index is 305. The Morgan fingerprint density at radius 2 is 2.06 bits per heavy atom. The van der Waals surface area contributed by atoms with Crippen LogP contribution in [0.1, 0.15) is 24.8 Å². The second kappa shape index (κ2) is 9.19. The minimum atomic E-state index is -0.250. The fourth-order valence-corrected chi connectivity index (χ4v) is 1.71. The van der Waals surface area contributed by atoms with Crippen LogP contribution >= 0.6 is 11.6 Å². The predicted octanol–water partition coefficient (Wildman–Crippen LogP) is 2.75. The van der Waals surface area contributed by atoms with Crippen molar-refractivity contribution in [3.05, 3.63) is 34.9 Å². The first-order chi connectivity index (χ1) is 7.67. The van der Waals surface area contributed by atoms with Crippen LogP contribution in [-0.4, -0.2) is 25.2 Å². The maximum absolute atomic E-state index is 8.36. The molecular weight excluding hydrogens is 226 g/mol. The van der Waals surface area contributed by atoms with Crippen LogP contribution in [0.25, 0.3) is 0 Å². The highest BCUT2D eigenvalue weighted by Gasteiger charge is 2.07. The maximum atomic E-state index is 8.36. The van der Waals surface area contributed by atoms with E-state index < -0.39 is 0 Å². The second-order valence-electron chi connectivity index (χ2n) is 3.42. The van der Waals surface area contributed by atoms with Gasteiger partial charge >= 0.3 is 0 Å². The van der Waals surface area contributed by atoms with Crippen LogP contribution in [0, 0.1) is 0 Å². The van der Waals surface area contributed by atoms with Gasteiger partial charge in [0.25, 0.3) is 6.47 Å². The van der Waals surface area contributed by atoms with Crippen molar-refractivity contribution in [2.75, 3.05) is 13.6 Å². The molecule has 0 amide bonds. The van der Waals surface area contributed by atoms with E-state index in [1.807, 2.05) is 25.2 Å². The van der Waals surface area contributed by atoms with Crippen molar-refractivity contribution >= 4 is 18.1 Å². The number of carbonyl (C=O) groups is 1. The molecule has 1 aromatic carbocycles. The summed E-state index contributed by atoms with van der Waals surface area (Å²) in [5.74, 6) is 0.529. The molecule has 0 saturated heterocycles. The van der Waals surface area contributed by atoms with E-state index in [0.29, 0.717) is 5.92 Å². The van der Waals surface area contributed by atoms with E-state index in [0.717, 1.165) is 18.0 Å². The Hall–Kier alpha value is -1.06. The van der Waals surface area contributed by atoms with Gasteiger partial charge in [0.1, 0.15) is 0 Å². The summed E-state index contributed by atoms with van der Waals surface area (Å²) >= 11 is 6.08. The lowest BCUT2D eigenvalue weighted by Gasteiger charge is -2.12. The molecule has 0 saturated carbocycles. The molecule has 0 unspecified atom stereocenters. The fourth-order valence-electron chi connectivity index (χ4n) is 1.39. The first-order valence-electron chi connectivity index (χ1n) is 5.14. The van der Waals surface area contributed by atoms with Gasteiger partial charge in [-0.3, -0.25) is 4.79 Å². The summed E-state index contributed by atoms with van der Waals surface area (Å²) in [5, 5.41) is 10.9. The lowest BCUT2D eigenvalue weighted by atomic mass is 9.98. The predicted molar refractivity (Wildman–Crippen MR) is 67.1 cm³/mol. The van der Waals surface area contributed by atoms with Crippen molar-refractivity contribution in [2.24, 2.45) is 0 Å². The molecular formula is C12H18ClNO2. The Balaban J connectivity index is 0.000000673. The maximum Gasteiger partial charge on any atom is 0.290 e. The van der Waals surface area contributed by atoms with Crippen molar-refractivity contribution < 1.29 is 9.90 Å². The lowest BCUT2D eigenvalue weighted by molar-refractivity contribution is -0.122. The van der Waals surface area contributed by atoms with E-state index in [-0.39, 0.29) is 6.47 Å². The monoisotopic (exact) mass is 243 g/mol. The molecule has 1 aromatic rings. The number of halogens is 1. The highest BCUT2D eigenvalue weighted by atomic mass is 35.5. The average molecular weight is 244 g/mol. The van der Waals surface area contributed by atoms with E-state index in [9.17, 15) is 0 Å². The van der Waals surface area contributed by atoms with Crippen LogP contribution in [0.2, 0.25) is 5.02 Å². The summed E-state index contributed by atoms with van der Waals surface area (Å²) < 4.78 is 0. The summed E-state index contributed by atoms with van der Waals surface area (Å²) in [6.07, 6.45) is 1.13. The number of benzene rings is 1. The van der Waals surface area contributed by atoms with Gasteiger partial charge in [0.05, 0.1) is 0 Å². The van der Waals surface area contributed by atoms with Gasteiger partial charge in [-0.2, -0.15) is 0 Å². The summed E-state index contributed by atoms with van der Waals surface area (Å²) in [6, 6.07) is 8.06. The minimum absolute atomic E-state index is 0.250. The number of rotatable bonds is 4. The third kappa shape index (κ3) is 5.73. The highest BCUT2D eigenvalue weighted by Crippen LogP contribution is 2.25. The average Bonchev–Trinajstić information content (AvgIpc) is 2.27. The number of carboxylic acid groups (broad SMARTS) is 1. The summed E-state index contributed by atoms with van der Waals surface area (Å²) in [7, 11) is 1.97. The number of hydrogen-bond acceptors (Lipinski definition) is 2. The van der Waals surface area contributed by atoms with E-state index >= 15 is 0 Å². The molecule has 0 aromatic heterocycles. The van der Waals surface area contributed by atoms with E-state index in [1.165, 1.54) is 5.56 Å². The van der Waals surface area contributed by atoms with Gasteiger partial charge in [-0.05, 0) is 37.6 Å². The number of nitrogens with one attached hydrogen (secondary N) is 1. The normalized spacial score (nSPS) is 11.2. The molecule has 1 rings (SSSR count). The van der Waals surface area contributed by atoms with Gasteiger partial charge in [0.2, 0.25) is 0 Å². The van der Waals surface area contributed by atoms with E-state index in [4.69, 9.17) is 21.5 Å². The van der Waals surface area contributed by atoms with Gasteiger partial charge in [0, 0.05) is 5.02 Å². The van der Waals surface area contributed by atoms with Crippen LogP contribution in [0.5, 0.6) is 0 Å². The van der Waals surface area contributed by atoms with Crippen LogP contribution in [0.15, 0.2) is 24.3 Å². The SMILES string of the molecule is CNCC[C@H](C)c1ccccc1Cl.O=CO. The largest absolute Gasteiger partial charge is 0.483 e. The minimum Gasteiger partial charge on any atom is -0.483 e. The third-order valence-corrected chi connectivity index (χ3v) is 2.61. The Labute approximate surface area is 101 Å². The molecule has 0 aliphatic heterocycles. The fraction of sp³-hybridized carbons (Fsp3) is 0.417. The van der Waals surface area contributed by atoms with Crippen LogP contribution in [0.4, 0.5) is 0 Å². The number of hydrogen-bond donors (Lipinski definition) is 2. The first-order valence-corrected chi connectivity index (χ1v) is 5.52. The smallest absolute Gasteiger partial charge is 0.290 e. The Morgan fingerprint density at radius 3 is 2.56 bits per heavy atom. The molecule has 16 heavy (non-hydrogen) atoms. The quantitative estimate of drug-likeness (QED) is 0.800. The lowest BCUT2D eigenvalue weighted by Crippen LogP contribution is -2.10. The second-order valence-corrected chi connectivity index (χ2v) is 3.83. The Kier molecular flexibility index (Phi) is 8.58. The Morgan fingerprint density at radius 1 is 1.50 bits per heavy atom. The molecule has 2 N–H and O–H groups in total. The van der Waals surface area contributed by atoms with Gasteiger partial charge in [-0.25, -0.2) is 0 Å². The van der Waals surface area contributed by atoms with Gasteiger partial charge in [0.15, 0.2) is 0 Å². The third-order valence-electron chi connectivity index (χ3n) is 2.26. The summed E-state index contributed by atoms with van der Waals surface area (Å²) in [4.78, 5) is 8.36. The van der Waals surface area contributed by atoms with Crippen molar-refractivity contribution in [2.45, 2.75) is 19.3 Å². The summed E-state index contributed by atoms with van der Waals surface area (Å²) in [6.45, 7) is 2.99. The topological polar surface area (TPSA) is 49.3 Å². The van der Waals surface area contributed by atoms with Crippen molar-refractivity contribution in [1.29, 1.82) is 0 Å². The summed E-state index contributed by atoms with van der Waals surface area (Å²) in [5.41, 5.74) is 1.25.